The smallest absolute Gasteiger partial charge is 0.307 e. The Balaban J connectivity index is 1.75. The second-order valence-corrected chi connectivity index (χ2v) is 5.99. The second-order valence-electron chi connectivity index (χ2n) is 5.99. The van der Waals surface area contributed by atoms with Crippen LogP contribution in [0, 0.1) is 0 Å². The summed E-state index contributed by atoms with van der Waals surface area (Å²) in [6, 6.07) is 23.9. The molecule has 25 heavy (non-hydrogen) atoms. The molecule has 1 aromatic heterocycles. The highest BCUT2D eigenvalue weighted by atomic mass is 16.4. The third kappa shape index (κ3) is 3.04. The number of rotatable bonds is 4. The number of aliphatic carboxylic acids is 1. The number of fused-ring (bicyclic) bond motifs is 1. The highest BCUT2D eigenvalue weighted by Crippen LogP contribution is 2.33. The lowest BCUT2D eigenvalue weighted by molar-refractivity contribution is -0.136. The molecule has 0 bridgehead atoms. The molecule has 3 nitrogen and oxygen atoms in total. The maximum atomic E-state index is 10.8. The molecular formula is C22H16O3. The molecule has 0 saturated heterocycles. The number of benzene rings is 3. The van der Waals surface area contributed by atoms with Gasteiger partial charge in [-0.05, 0) is 34.4 Å². The summed E-state index contributed by atoms with van der Waals surface area (Å²) in [7, 11) is 0. The van der Waals surface area contributed by atoms with Gasteiger partial charge in [0, 0.05) is 10.9 Å². The summed E-state index contributed by atoms with van der Waals surface area (Å²) in [4.78, 5) is 10.8. The molecule has 1 N–H and O–H groups in total. The normalized spacial score (nSPS) is 10.9. The molecule has 0 atom stereocenters. The molecule has 0 amide bonds. The number of furan rings is 1. The summed E-state index contributed by atoms with van der Waals surface area (Å²) in [6.45, 7) is 0. The lowest BCUT2D eigenvalue weighted by Crippen LogP contribution is -1.99. The lowest BCUT2D eigenvalue weighted by atomic mass is 9.99. The van der Waals surface area contributed by atoms with Crippen LogP contribution < -0.4 is 0 Å². The van der Waals surface area contributed by atoms with Crippen molar-refractivity contribution in [3.63, 3.8) is 0 Å². The van der Waals surface area contributed by atoms with Gasteiger partial charge in [0.05, 0.1) is 12.7 Å². The number of carboxylic acid groups (broad SMARTS) is 1. The maximum Gasteiger partial charge on any atom is 0.307 e. The van der Waals surface area contributed by atoms with E-state index < -0.39 is 5.97 Å². The van der Waals surface area contributed by atoms with Crippen LogP contribution in [0.1, 0.15) is 5.56 Å². The van der Waals surface area contributed by atoms with E-state index in [4.69, 9.17) is 9.52 Å². The predicted octanol–water partition coefficient (Wildman–Crippen LogP) is 5.39. The van der Waals surface area contributed by atoms with Crippen molar-refractivity contribution in [2.45, 2.75) is 6.42 Å². The average Bonchev–Trinajstić information content (AvgIpc) is 3.06. The van der Waals surface area contributed by atoms with Crippen molar-refractivity contribution >= 4 is 16.9 Å². The average molecular weight is 328 g/mol. The second kappa shape index (κ2) is 6.29. The molecule has 1 heterocycles. The van der Waals surface area contributed by atoms with Crippen molar-refractivity contribution in [3.8, 4) is 22.3 Å². The van der Waals surface area contributed by atoms with Crippen LogP contribution in [-0.4, -0.2) is 11.1 Å². The first kappa shape index (κ1) is 15.2. The molecule has 3 heteroatoms. The number of hydrogen-bond acceptors (Lipinski definition) is 2. The fourth-order valence-corrected chi connectivity index (χ4v) is 3.04. The Morgan fingerprint density at radius 1 is 0.840 bits per heavy atom. The van der Waals surface area contributed by atoms with Gasteiger partial charge in [-0.1, -0.05) is 60.7 Å². The van der Waals surface area contributed by atoms with Gasteiger partial charge in [0.15, 0.2) is 0 Å². The SMILES string of the molecule is O=C(O)Cc1ccc(-c2ccc3occ(-c4ccccc4)c3c2)cc1. The van der Waals surface area contributed by atoms with Gasteiger partial charge < -0.3 is 9.52 Å². The first-order valence-corrected chi connectivity index (χ1v) is 8.08. The molecule has 0 fully saturated rings. The van der Waals surface area contributed by atoms with Crippen LogP contribution in [0.3, 0.4) is 0 Å². The van der Waals surface area contributed by atoms with Crippen molar-refractivity contribution < 1.29 is 14.3 Å². The largest absolute Gasteiger partial charge is 0.481 e. The quantitative estimate of drug-likeness (QED) is 0.546. The van der Waals surface area contributed by atoms with E-state index in [1.54, 1.807) is 6.26 Å². The van der Waals surface area contributed by atoms with Crippen LogP contribution in [0.4, 0.5) is 0 Å². The minimum Gasteiger partial charge on any atom is -0.481 e. The van der Waals surface area contributed by atoms with Gasteiger partial charge in [0.2, 0.25) is 0 Å². The van der Waals surface area contributed by atoms with E-state index in [9.17, 15) is 4.79 Å². The summed E-state index contributed by atoms with van der Waals surface area (Å²) < 4.78 is 5.69. The van der Waals surface area contributed by atoms with Crippen LogP contribution in [0.5, 0.6) is 0 Å². The van der Waals surface area contributed by atoms with Crippen LogP contribution in [0.15, 0.2) is 83.5 Å². The van der Waals surface area contributed by atoms with Crippen LogP contribution in [-0.2, 0) is 11.2 Å². The standard InChI is InChI=1S/C22H16O3/c23-22(24)12-15-6-8-16(9-7-15)18-10-11-21-19(13-18)20(14-25-21)17-4-2-1-3-5-17/h1-11,13-14H,12H2,(H,23,24). The van der Waals surface area contributed by atoms with Gasteiger partial charge in [-0.25, -0.2) is 0 Å². The topological polar surface area (TPSA) is 50.4 Å². The Labute approximate surface area is 145 Å². The van der Waals surface area contributed by atoms with Crippen molar-refractivity contribution in [2.24, 2.45) is 0 Å². The van der Waals surface area contributed by atoms with E-state index in [2.05, 4.69) is 18.2 Å². The molecule has 0 aliphatic heterocycles. The fraction of sp³-hybridized carbons (Fsp3) is 0.0455. The zero-order valence-corrected chi connectivity index (χ0v) is 13.5. The van der Waals surface area contributed by atoms with E-state index in [-0.39, 0.29) is 6.42 Å². The molecule has 0 unspecified atom stereocenters. The van der Waals surface area contributed by atoms with E-state index >= 15 is 0 Å². The lowest BCUT2D eigenvalue weighted by Gasteiger charge is -2.05. The Hall–Kier alpha value is -3.33. The molecule has 0 spiro atoms. The third-order valence-electron chi connectivity index (χ3n) is 4.30. The Morgan fingerprint density at radius 3 is 2.28 bits per heavy atom. The number of hydrogen-bond donors (Lipinski definition) is 1. The highest BCUT2D eigenvalue weighted by Gasteiger charge is 2.10. The van der Waals surface area contributed by atoms with Crippen LogP contribution in [0.2, 0.25) is 0 Å². The van der Waals surface area contributed by atoms with Gasteiger partial charge in [0.1, 0.15) is 5.58 Å². The van der Waals surface area contributed by atoms with Gasteiger partial charge in [0.25, 0.3) is 0 Å². The van der Waals surface area contributed by atoms with Crippen molar-refractivity contribution in [3.05, 3.63) is 84.6 Å². The van der Waals surface area contributed by atoms with Crippen molar-refractivity contribution in [1.29, 1.82) is 0 Å². The van der Waals surface area contributed by atoms with Gasteiger partial charge in [-0.15, -0.1) is 0 Å². The molecule has 4 rings (SSSR count). The molecule has 4 aromatic rings. The van der Waals surface area contributed by atoms with E-state index in [0.717, 1.165) is 38.8 Å². The Morgan fingerprint density at radius 2 is 1.56 bits per heavy atom. The summed E-state index contributed by atoms with van der Waals surface area (Å²) in [5, 5.41) is 9.94. The van der Waals surface area contributed by atoms with E-state index in [1.807, 2.05) is 54.6 Å². The highest BCUT2D eigenvalue weighted by molar-refractivity contribution is 5.96. The fourth-order valence-electron chi connectivity index (χ4n) is 3.04. The Bertz CT molecular complexity index is 1030. The van der Waals surface area contributed by atoms with Crippen molar-refractivity contribution in [2.75, 3.05) is 0 Å². The van der Waals surface area contributed by atoms with Crippen LogP contribution in [0.25, 0.3) is 33.2 Å². The first-order chi connectivity index (χ1) is 12.2. The molecule has 3 aromatic carbocycles. The van der Waals surface area contributed by atoms with Crippen LogP contribution >= 0.6 is 0 Å². The molecule has 0 radical (unpaired) electrons. The maximum absolute atomic E-state index is 10.8. The zero-order valence-electron chi connectivity index (χ0n) is 13.5. The molecule has 0 aliphatic rings. The minimum atomic E-state index is -0.819. The summed E-state index contributed by atoms with van der Waals surface area (Å²) >= 11 is 0. The van der Waals surface area contributed by atoms with Gasteiger partial charge in [-0.2, -0.15) is 0 Å². The third-order valence-corrected chi connectivity index (χ3v) is 4.30. The molecule has 0 aliphatic carbocycles. The summed E-state index contributed by atoms with van der Waals surface area (Å²) in [6.07, 6.45) is 1.83. The predicted molar refractivity (Wildman–Crippen MR) is 98.4 cm³/mol. The molecule has 0 saturated carbocycles. The van der Waals surface area contributed by atoms with Gasteiger partial charge in [-0.3, -0.25) is 4.79 Å². The summed E-state index contributed by atoms with van der Waals surface area (Å²) in [5.41, 5.74) is 5.97. The Kier molecular flexibility index (Phi) is 3.82. The zero-order chi connectivity index (χ0) is 17.2. The van der Waals surface area contributed by atoms with Crippen molar-refractivity contribution in [1.82, 2.24) is 0 Å². The number of carbonyl (C=O) groups is 1. The number of carboxylic acids is 1. The van der Waals surface area contributed by atoms with Gasteiger partial charge >= 0.3 is 5.97 Å². The molecular weight excluding hydrogens is 312 g/mol. The summed E-state index contributed by atoms with van der Waals surface area (Å²) in [5.74, 6) is -0.819. The minimum absolute atomic E-state index is 0.0409. The first-order valence-electron chi connectivity index (χ1n) is 8.08. The molecule has 122 valence electrons. The van der Waals surface area contributed by atoms with E-state index in [0.29, 0.717) is 0 Å². The monoisotopic (exact) mass is 328 g/mol. The van der Waals surface area contributed by atoms with E-state index in [1.165, 1.54) is 0 Å².